The van der Waals surface area contributed by atoms with Crippen LogP contribution in [0.1, 0.15) is 5.56 Å². The van der Waals surface area contributed by atoms with Crippen LogP contribution in [0.3, 0.4) is 0 Å². The molecular formula is C8H9NO2. The molecule has 0 aliphatic rings. The Kier molecular flexibility index (Phi) is 2.11. The molecule has 0 saturated heterocycles. The van der Waals surface area contributed by atoms with Crippen LogP contribution in [0, 0.1) is 5.41 Å². The molecule has 3 heteroatoms. The lowest BCUT2D eigenvalue weighted by Crippen LogP contribution is -1.84. The number of benzene rings is 1. The van der Waals surface area contributed by atoms with Gasteiger partial charge in [-0.1, -0.05) is 6.07 Å². The highest BCUT2D eigenvalue weighted by Gasteiger charge is 1.98. The van der Waals surface area contributed by atoms with E-state index in [2.05, 4.69) is 0 Å². The number of phenols is 2. The smallest absolute Gasteiger partial charge is 0.122 e. The van der Waals surface area contributed by atoms with Crippen LogP contribution >= 0.6 is 0 Å². The molecule has 0 spiro atoms. The SMILES string of the molecule is N=CCc1ccc(O)cc1O. The van der Waals surface area contributed by atoms with E-state index in [1.54, 1.807) is 6.07 Å². The van der Waals surface area contributed by atoms with Gasteiger partial charge in [0.15, 0.2) is 0 Å². The standard InChI is InChI=1S/C8H9NO2/c9-4-3-6-1-2-7(10)5-8(6)11/h1-2,4-5,9-11H,3H2. The average molecular weight is 151 g/mol. The maximum atomic E-state index is 9.16. The summed E-state index contributed by atoms with van der Waals surface area (Å²) in [7, 11) is 0. The summed E-state index contributed by atoms with van der Waals surface area (Å²) in [6.45, 7) is 0. The van der Waals surface area contributed by atoms with Crippen LogP contribution in [0.25, 0.3) is 0 Å². The zero-order valence-electron chi connectivity index (χ0n) is 5.91. The lowest BCUT2D eigenvalue weighted by Gasteiger charge is -2.00. The number of hydrogen-bond acceptors (Lipinski definition) is 3. The summed E-state index contributed by atoms with van der Waals surface area (Å²) in [5.74, 6) is 0.0738. The van der Waals surface area contributed by atoms with Gasteiger partial charge >= 0.3 is 0 Å². The van der Waals surface area contributed by atoms with Crippen molar-refractivity contribution < 1.29 is 10.2 Å². The van der Waals surface area contributed by atoms with Gasteiger partial charge in [-0.25, -0.2) is 0 Å². The summed E-state index contributed by atoms with van der Waals surface area (Å²) in [6, 6.07) is 4.34. The van der Waals surface area contributed by atoms with Gasteiger partial charge in [0.05, 0.1) is 0 Å². The van der Waals surface area contributed by atoms with Crippen LogP contribution in [0.2, 0.25) is 0 Å². The molecule has 0 unspecified atom stereocenters. The summed E-state index contributed by atoms with van der Waals surface area (Å²) < 4.78 is 0. The molecule has 58 valence electrons. The molecule has 0 aliphatic heterocycles. The molecule has 0 bridgehead atoms. The van der Waals surface area contributed by atoms with E-state index >= 15 is 0 Å². The zero-order valence-corrected chi connectivity index (χ0v) is 5.91. The molecular weight excluding hydrogens is 142 g/mol. The van der Waals surface area contributed by atoms with Crippen molar-refractivity contribution in [2.75, 3.05) is 0 Å². The Morgan fingerprint density at radius 1 is 1.36 bits per heavy atom. The Hall–Kier alpha value is -1.51. The van der Waals surface area contributed by atoms with Gasteiger partial charge in [0.1, 0.15) is 11.5 Å². The molecule has 1 aromatic rings. The predicted octanol–water partition coefficient (Wildman–Crippen LogP) is 1.29. The van der Waals surface area contributed by atoms with Crippen LogP contribution in [-0.4, -0.2) is 16.4 Å². The van der Waals surface area contributed by atoms with Gasteiger partial charge in [-0.05, 0) is 17.8 Å². The number of nitrogens with one attached hydrogen (secondary N) is 1. The lowest BCUT2D eigenvalue weighted by molar-refractivity contribution is 0.447. The fraction of sp³-hybridized carbons (Fsp3) is 0.125. The third kappa shape index (κ3) is 1.70. The third-order valence-electron chi connectivity index (χ3n) is 1.39. The van der Waals surface area contributed by atoms with E-state index in [1.165, 1.54) is 18.3 Å². The van der Waals surface area contributed by atoms with E-state index in [9.17, 15) is 0 Å². The summed E-state index contributed by atoms with van der Waals surface area (Å²) in [6.07, 6.45) is 1.60. The van der Waals surface area contributed by atoms with Gasteiger partial charge in [0.2, 0.25) is 0 Å². The molecule has 11 heavy (non-hydrogen) atoms. The first-order chi connectivity index (χ1) is 5.24. The van der Waals surface area contributed by atoms with Gasteiger partial charge in [-0.3, -0.25) is 0 Å². The van der Waals surface area contributed by atoms with Gasteiger partial charge in [-0.15, -0.1) is 0 Å². The van der Waals surface area contributed by atoms with Crippen molar-refractivity contribution in [2.45, 2.75) is 6.42 Å². The molecule has 0 heterocycles. The van der Waals surface area contributed by atoms with Crippen molar-refractivity contribution in [3.63, 3.8) is 0 Å². The molecule has 0 radical (unpaired) electrons. The normalized spacial score (nSPS) is 9.45. The van der Waals surface area contributed by atoms with Crippen molar-refractivity contribution in [3.05, 3.63) is 23.8 Å². The van der Waals surface area contributed by atoms with E-state index in [1.807, 2.05) is 0 Å². The largest absolute Gasteiger partial charge is 0.508 e. The molecule has 0 aliphatic carbocycles. The minimum absolute atomic E-state index is 0.0356. The van der Waals surface area contributed by atoms with E-state index < -0.39 is 0 Å². The molecule has 1 aromatic carbocycles. The lowest BCUT2D eigenvalue weighted by atomic mass is 10.1. The maximum Gasteiger partial charge on any atom is 0.122 e. The highest BCUT2D eigenvalue weighted by atomic mass is 16.3. The van der Waals surface area contributed by atoms with E-state index in [4.69, 9.17) is 15.6 Å². The van der Waals surface area contributed by atoms with Crippen LogP contribution in [-0.2, 0) is 6.42 Å². The fourth-order valence-corrected chi connectivity index (χ4v) is 0.835. The number of aromatic hydroxyl groups is 2. The van der Waals surface area contributed by atoms with Gasteiger partial charge in [-0.2, -0.15) is 0 Å². The number of hydrogen-bond donors (Lipinski definition) is 3. The minimum Gasteiger partial charge on any atom is -0.508 e. The summed E-state index contributed by atoms with van der Waals surface area (Å²) in [4.78, 5) is 0. The first-order valence-corrected chi connectivity index (χ1v) is 3.24. The molecule has 0 saturated carbocycles. The van der Waals surface area contributed by atoms with Crippen molar-refractivity contribution in [3.8, 4) is 11.5 Å². The first-order valence-electron chi connectivity index (χ1n) is 3.24. The van der Waals surface area contributed by atoms with Gasteiger partial charge in [0, 0.05) is 12.5 Å². The monoisotopic (exact) mass is 151 g/mol. The van der Waals surface area contributed by atoms with Crippen molar-refractivity contribution in [2.24, 2.45) is 0 Å². The Balaban J connectivity index is 2.98. The molecule has 0 aromatic heterocycles. The topological polar surface area (TPSA) is 64.3 Å². The predicted molar refractivity (Wildman–Crippen MR) is 42.3 cm³/mol. The highest BCUT2D eigenvalue weighted by Crippen LogP contribution is 2.22. The molecule has 1 rings (SSSR count). The molecule has 0 atom stereocenters. The van der Waals surface area contributed by atoms with Crippen LogP contribution < -0.4 is 0 Å². The summed E-state index contributed by atoms with van der Waals surface area (Å²) in [5, 5.41) is 24.8. The second-order valence-electron chi connectivity index (χ2n) is 2.22. The summed E-state index contributed by atoms with van der Waals surface area (Å²) >= 11 is 0. The van der Waals surface area contributed by atoms with E-state index in [0.29, 0.717) is 12.0 Å². The minimum atomic E-state index is 0.0356. The maximum absolute atomic E-state index is 9.16. The molecule has 3 N–H and O–H groups in total. The van der Waals surface area contributed by atoms with Crippen LogP contribution in [0.15, 0.2) is 18.2 Å². The molecule has 3 nitrogen and oxygen atoms in total. The quantitative estimate of drug-likeness (QED) is 0.557. The first kappa shape index (κ1) is 7.60. The Labute approximate surface area is 64.4 Å². The third-order valence-corrected chi connectivity index (χ3v) is 1.39. The number of phenolic OH excluding ortho intramolecular Hbond substituents is 2. The van der Waals surface area contributed by atoms with E-state index in [-0.39, 0.29) is 11.5 Å². The van der Waals surface area contributed by atoms with Crippen LogP contribution in [0.5, 0.6) is 11.5 Å². The Morgan fingerprint density at radius 2 is 2.09 bits per heavy atom. The second-order valence-corrected chi connectivity index (χ2v) is 2.22. The van der Waals surface area contributed by atoms with Crippen molar-refractivity contribution in [1.29, 1.82) is 5.41 Å². The Bertz CT molecular complexity index is 271. The summed E-state index contributed by atoms with van der Waals surface area (Å²) in [5.41, 5.74) is 0.651. The van der Waals surface area contributed by atoms with Gasteiger partial charge in [0.25, 0.3) is 0 Å². The average Bonchev–Trinajstić information content (AvgIpc) is 1.95. The van der Waals surface area contributed by atoms with E-state index in [0.717, 1.165) is 0 Å². The number of rotatable bonds is 2. The fourth-order valence-electron chi connectivity index (χ4n) is 0.835. The van der Waals surface area contributed by atoms with Gasteiger partial charge < -0.3 is 15.6 Å². The second kappa shape index (κ2) is 3.05. The van der Waals surface area contributed by atoms with Crippen molar-refractivity contribution >= 4 is 6.21 Å². The molecule has 0 fully saturated rings. The van der Waals surface area contributed by atoms with Crippen LogP contribution in [0.4, 0.5) is 0 Å². The Morgan fingerprint density at radius 3 is 2.64 bits per heavy atom. The van der Waals surface area contributed by atoms with Crippen molar-refractivity contribution in [1.82, 2.24) is 0 Å². The molecule has 0 amide bonds. The highest BCUT2D eigenvalue weighted by molar-refractivity contribution is 5.60. The zero-order chi connectivity index (χ0) is 8.27.